The minimum absolute atomic E-state index is 0.0832. The molecule has 0 atom stereocenters. The number of anilines is 1. The van der Waals surface area contributed by atoms with Gasteiger partial charge in [-0.15, -0.1) is 10.2 Å². The number of hydrogen-bond acceptors (Lipinski definition) is 5. The van der Waals surface area contributed by atoms with Crippen LogP contribution in [0.1, 0.15) is 45.1 Å². The summed E-state index contributed by atoms with van der Waals surface area (Å²) in [5.74, 6) is 0. The second kappa shape index (κ2) is 10.2. The Kier molecular flexibility index (Phi) is 7.29. The van der Waals surface area contributed by atoms with E-state index in [1.807, 2.05) is 18.2 Å². The summed E-state index contributed by atoms with van der Waals surface area (Å²) in [5, 5.41) is 9.68. The number of halogens is 1. The van der Waals surface area contributed by atoms with Gasteiger partial charge in [-0.05, 0) is 65.0 Å². The van der Waals surface area contributed by atoms with Crippen LogP contribution in [0.25, 0.3) is 6.08 Å². The molecule has 1 aliphatic heterocycles. The molecule has 0 N–H and O–H groups in total. The number of para-hydroxylation sites is 1. The van der Waals surface area contributed by atoms with E-state index in [1.54, 1.807) is 0 Å². The number of rotatable bonds is 8. The molecule has 1 aromatic heterocycles. The standard InChI is InChI=1S/C27H31ClN5S/c1-6-32(7-2)20-15-13-19(14-16-20)30-31-26-29-25(28)23(34-26)17-18-24-27(4,5)21-11-9-10-12-22(21)33(24)8-3/h9-18H,6-8H2,1-5H3/q+1. The van der Waals surface area contributed by atoms with Crippen molar-refractivity contribution in [3.8, 4) is 0 Å². The summed E-state index contributed by atoms with van der Waals surface area (Å²) in [7, 11) is 0. The van der Waals surface area contributed by atoms with Gasteiger partial charge >= 0.3 is 0 Å². The van der Waals surface area contributed by atoms with E-state index in [4.69, 9.17) is 11.6 Å². The van der Waals surface area contributed by atoms with Crippen LogP contribution in [0.15, 0.2) is 64.8 Å². The van der Waals surface area contributed by atoms with Gasteiger partial charge in [0, 0.05) is 36.5 Å². The number of hydrogen-bond donors (Lipinski definition) is 0. The monoisotopic (exact) mass is 492 g/mol. The molecule has 4 rings (SSSR count). The first kappa shape index (κ1) is 24.3. The van der Waals surface area contributed by atoms with Crippen molar-refractivity contribution in [2.24, 2.45) is 10.2 Å². The normalized spacial score (nSPS) is 15.0. The number of azo groups is 1. The van der Waals surface area contributed by atoms with Crippen molar-refractivity contribution in [2.45, 2.75) is 40.0 Å². The Bertz CT molecular complexity index is 1250. The van der Waals surface area contributed by atoms with Gasteiger partial charge < -0.3 is 4.90 Å². The van der Waals surface area contributed by atoms with Gasteiger partial charge in [0.1, 0.15) is 11.7 Å². The molecule has 0 aliphatic carbocycles. The average molecular weight is 493 g/mol. The molecule has 34 heavy (non-hydrogen) atoms. The summed E-state index contributed by atoms with van der Waals surface area (Å²) in [4.78, 5) is 7.57. The zero-order chi connectivity index (χ0) is 24.3. The molecule has 0 fully saturated rings. The lowest BCUT2D eigenvalue weighted by Crippen LogP contribution is -2.27. The van der Waals surface area contributed by atoms with Gasteiger partial charge in [-0.2, -0.15) is 4.58 Å². The molecule has 2 aromatic carbocycles. The third-order valence-electron chi connectivity index (χ3n) is 6.34. The summed E-state index contributed by atoms with van der Waals surface area (Å²) < 4.78 is 2.36. The lowest BCUT2D eigenvalue weighted by atomic mass is 9.81. The third kappa shape index (κ3) is 4.70. The van der Waals surface area contributed by atoms with E-state index >= 15 is 0 Å². The second-order valence-electron chi connectivity index (χ2n) is 8.65. The number of fused-ring (bicyclic) bond motifs is 1. The predicted molar refractivity (Wildman–Crippen MR) is 145 cm³/mol. The van der Waals surface area contributed by atoms with Crippen LogP contribution >= 0.6 is 22.9 Å². The van der Waals surface area contributed by atoms with Crippen LogP contribution in [0, 0.1) is 0 Å². The third-order valence-corrected chi connectivity index (χ3v) is 7.64. The smallest absolute Gasteiger partial charge is 0.231 e. The SMILES string of the molecule is CCN(CC)c1ccc(N=Nc2nc(Cl)c(/C=C/C3=[N+](CC)c4ccccc4C3(C)C)s2)cc1. The minimum Gasteiger partial charge on any atom is -0.372 e. The van der Waals surface area contributed by atoms with Crippen molar-refractivity contribution < 1.29 is 4.58 Å². The predicted octanol–water partition coefficient (Wildman–Crippen LogP) is 8.17. The van der Waals surface area contributed by atoms with E-state index in [1.165, 1.54) is 34.0 Å². The highest BCUT2D eigenvalue weighted by Crippen LogP contribution is 2.40. The van der Waals surface area contributed by atoms with Crippen LogP contribution in [0.3, 0.4) is 0 Å². The molecule has 3 aromatic rings. The first-order valence-corrected chi connectivity index (χ1v) is 12.9. The summed E-state index contributed by atoms with van der Waals surface area (Å²) in [6.45, 7) is 13.9. The van der Waals surface area contributed by atoms with Gasteiger partial charge in [-0.3, -0.25) is 0 Å². The Hall–Kier alpha value is -2.83. The Balaban J connectivity index is 1.54. The second-order valence-corrected chi connectivity index (χ2v) is 10.0. The lowest BCUT2D eigenvalue weighted by Gasteiger charge is -2.20. The molecule has 5 nitrogen and oxygen atoms in total. The number of aromatic nitrogens is 1. The van der Waals surface area contributed by atoms with Crippen molar-refractivity contribution >= 4 is 56.9 Å². The summed E-state index contributed by atoms with van der Waals surface area (Å²) in [5.41, 5.74) is 5.75. The molecule has 0 spiro atoms. The molecule has 0 unspecified atom stereocenters. The first-order chi connectivity index (χ1) is 16.4. The fourth-order valence-electron chi connectivity index (χ4n) is 4.50. The van der Waals surface area contributed by atoms with Crippen LogP contribution in [-0.4, -0.2) is 34.9 Å². The number of thiazole rings is 1. The zero-order valence-corrected chi connectivity index (χ0v) is 22.0. The van der Waals surface area contributed by atoms with Crippen LogP contribution in [0.5, 0.6) is 0 Å². The summed E-state index contributed by atoms with van der Waals surface area (Å²) in [6, 6.07) is 16.7. The van der Waals surface area contributed by atoms with Crippen LogP contribution in [0.4, 0.5) is 22.2 Å². The molecule has 0 bridgehead atoms. The zero-order valence-electron chi connectivity index (χ0n) is 20.4. The molecule has 0 amide bonds. The topological polar surface area (TPSA) is 43.9 Å². The summed E-state index contributed by atoms with van der Waals surface area (Å²) >= 11 is 7.89. The Morgan fingerprint density at radius 1 is 1.00 bits per heavy atom. The Morgan fingerprint density at radius 2 is 1.71 bits per heavy atom. The Labute approximate surface area is 211 Å². The van der Waals surface area contributed by atoms with Gasteiger partial charge in [0.25, 0.3) is 0 Å². The highest BCUT2D eigenvalue weighted by atomic mass is 35.5. The van der Waals surface area contributed by atoms with Gasteiger partial charge in [0.2, 0.25) is 10.8 Å². The van der Waals surface area contributed by atoms with Crippen molar-refractivity contribution in [1.82, 2.24) is 4.98 Å². The fourth-order valence-corrected chi connectivity index (χ4v) is 5.49. The molecule has 7 heteroatoms. The van der Waals surface area contributed by atoms with E-state index in [9.17, 15) is 0 Å². The summed E-state index contributed by atoms with van der Waals surface area (Å²) in [6.07, 6.45) is 4.21. The lowest BCUT2D eigenvalue weighted by molar-refractivity contribution is -0.433. The van der Waals surface area contributed by atoms with Gasteiger partial charge in [0.05, 0.1) is 16.0 Å². The molecule has 176 valence electrons. The largest absolute Gasteiger partial charge is 0.372 e. The average Bonchev–Trinajstić information content (AvgIpc) is 3.31. The van der Waals surface area contributed by atoms with E-state index < -0.39 is 0 Å². The molecule has 1 aliphatic rings. The van der Waals surface area contributed by atoms with Crippen molar-refractivity contribution in [2.75, 3.05) is 24.5 Å². The van der Waals surface area contributed by atoms with E-state index in [0.717, 1.165) is 30.2 Å². The Morgan fingerprint density at radius 3 is 2.38 bits per heavy atom. The maximum atomic E-state index is 6.45. The highest BCUT2D eigenvalue weighted by molar-refractivity contribution is 7.16. The van der Waals surface area contributed by atoms with E-state index in [2.05, 4.69) is 102 Å². The van der Waals surface area contributed by atoms with Gasteiger partial charge in [-0.25, -0.2) is 4.98 Å². The van der Waals surface area contributed by atoms with Crippen molar-refractivity contribution in [3.05, 3.63) is 70.2 Å². The molecule has 0 radical (unpaired) electrons. The number of benzene rings is 2. The minimum atomic E-state index is -0.0832. The van der Waals surface area contributed by atoms with Gasteiger partial charge in [0.15, 0.2) is 5.71 Å². The van der Waals surface area contributed by atoms with E-state index in [-0.39, 0.29) is 5.41 Å². The highest BCUT2D eigenvalue weighted by Gasteiger charge is 2.43. The van der Waals surface area contributed by atoms with Crippen LogP contribution < -0.4 is 4.90 Å². The number of allylic oxidation sites excluding steroid dienone is 1. The quantitative estimate of drug-likeness (QED) is 0.235. The van der Waals surface area contributed by atoms with E-state index in [0.29, 0.717) is 10.3 Å². The van der Waals surface area contributed by atoms with Crippen LogP contribution in [-0.2, 0) is 5.41 Å². The maximum Gasteiger partial charge on any atom is 0.231 e. The molecule has 0 saturated carbocycles. The molecular formula is C27H31ClN5S+. The fraction of sp³-hybridized carbons (Fsp3) is 0.333. The van der Waals surface area contributed by atoms with Crippen molar-refractivity contribution in [1.29, 1.82) is 0 Å². The molecular weight excluding hydrogens is 462 g/mol. The molecule has 0 saturated heterocycles. The number of nitrogens with zero attached hydrogens (tertiary/aromatic N) is 5. The van der Waals surface area contributed by atoms with Crippen molar-refractivity contribution in [3.63, 3.8) is 0 Å². The van der Waals surface area contributed by atoms with Crippen LogP contribution in [0.2, 0.25) is 5.15 Å². The molecule has 2 heterocycles. The maximum absolute atomic E-state index is 6.45. The first-order valence-electron chi connectivity index (χ1n) is 11.7. The van der Waals surface area contributed by atoms with Gasteiger partial charge in [-0.1, -0.05) is 41.1 Å².